The number of anilines is 1. The molecule has 1 heterocycles. The Morgan fingerprint density at radius 1 is 1.10 bits per heavy atom. The number of nitrogens with one attached hydrogen (secondary N) is 1. The third-order valence-electron chi connectivity index (χ3n) is 3.44. The van der Waals surface area contributed by atoms with Gasteiger partial charge in [0.15, 0.2) is 0 Å². The number of aliphatic carboxylic acids is 1. The van der Waals surface area contributed by atoms with E-state index in [-0.39, 0.29) is 12.5 Å². The number of rotatable bonds is 3. The largest absolute Gasteiger partial charge is 0.480 e. The molecule has 0 aromatic heterocycles. The summed E-state index contributed by atoms with van der Waals surface area (Å²) in [7, 11) is 0. The minimum absolute atomic E-state index is 0.277. The Morgan fingerprint density at radius 2 is 1.76 bits per heavy atom. The first-order valence-corrected chi connectivity index (χ1v) is 6.60. The predicted octanol–water partition coefficient (Wildman–Crippen LogP) is 2.34. The van der Waals surface area contributed by atoms with Gasteiger partial charge < -0.3 is 15.3 Å². The molecular formula is C16H14N2O3. The second kappa shape index (κ2) is 5.28. The molecule has 0 saturated heterocycles. The normalized spacial score (nSPS) is 17.0. The molecule has 0 spiro atoms. The highest BCUT2D eigenvalue weighted by Gasteiger charge is 2.33. The van der Waals surface area contributed by atoms with Crippen molar-refractivity contribution in [2.75, 3.05) is 11.9 Å². The van der Waals surface area contributed by atoms with Gasteiger partial charge in [0.1, 0.15) is 12.7 Å². The molecule has 3 rings (SSSR count). The van der Waals surface area contributed by atoms with Crippen LogP contribution in [0.1, 0.15) is 22.1 Å². The number of hydrogen-bond donors (Lipinski definition) is 2. The maximum Gasteiger partial charge on any atom is 0.323 e. The summed E-state index contributed by atoms with van der Waals surface area (Å²) in [4.78, 5) is 25.0. The number of carbonyl (C=O) groups is 2. The highest BCUT2D eigenvalue weighted by atomic mass is 16.4. The van der Waals surface area contributed by atoms with Gasteiger partial charge in [0.25, 0.3) is 5.91 Å². The van der Waals surface area contributed by atoms with Crippen LogP contribution in [0.2, 0.25) is 0 Å². The average molecular weight is 282 g/mol. The van der Waals surface area contributed by atoms with E-state index in [1.165, 1.54) is 4.90 Å². The van der Waals surface area contributed by atoms with Crippen molar-refractivity contribution in [2.24, 2.45) is 0 Å². The molecule has 0 fully saturated rings. The van der Waals surface area contributed by atoms with Gasteiger partial charge in [-0.1, -0.05) is 42.5 Å². The summed E-state index contributed by atoms with van der Waals surface area (Å²) in [5.41, 5.74) is 2.06. The monoisotopic (exact) mass is 282 g/mol. The van der Waals surface area contributed by atoms with E-state index in [9.17, 15) is 9.59 Å². The Morgan fingerprint density at radius 3 is 2.48 bits per heavy atom. The average Bonchev–Trinajstić information content (AvgIpc) is 2.50. The topological polar surface area (TPSA) is 69.6 Å². The second-order valence-electron chi connectivity index (χ2n) is 4.83. The van der Waals surface area contributed by atoms with E-state index in [0.29, 0.717) is 5.56 Å². The molecule has 2 aromatic rings. The molecule has 1 atom stereocenters. The van der Waals surface area contributed by atoms with Gasteiger partial charge in [-0.05, 0) is 17.7 Å². The molecule has 0 bridgehead atoms. The van der Waals surface area contributed by atoms with Gasteiger partial charge in [-0.15, -0.1) is 0 Å². The van der Waals surface area contributed by atoms with Gasteiger partial charge in [-0.2, -0.15) is 0 Å². The van der Waals surface area contributed by atoms with Crippen LogP contribution in [-0.2, 0) is 4.79 Å². The van der Waals surface area contributed by atoms with Crippen LogP contribution >= 0.6 is 0 Å². The first-order valence-electron chi connectivity index (χ1n) is 6.60. The molecular weight excluding hydrogens is 268 g/mol. The van der Waals surface area contributed by atoms with E-state index in [2.05, 4.69) is 5.32 Å². The first-order chi connectivity index (χ1) is 10.2. The van der Waals surface area contributed by atoms with Crippen LogP contribution < -0.4 is 5.32 Å². The molecule has 5 heteroatoms. The van der Waals surface area contributed by atoms with Crippen LogP contribution in [0, 0.1) is 0 Å². The van der Waals surface area contributed by atoms with Crippen molar-refractivity contribution in [1.29, 1.82) is 0 Å². The van der Waals surface area contributed by atoms with Crippen molar-refractivity contribution in [3.8, 4) is 0 Å². The van der Waals surface area contributed by atoms with Gasteiger partial charge in [0.05, 0.1) is 5.56 Å². The molecule has 0 aliphatic carbocycles. The number of carbonyl (C=O) groups excluding carboxylic acids is 1. The molecule has 106 valence electrons. The predicted molar refractivity (Wildman–Crippen MR) is 77.9 cm³/mol. The zero-order valence-corrected chi connectivity index (χ0v) is 11.2. The van der Waals surface area contributed by atoms with E-state index in [4.69, 9.17) is 5.11 Å². The van der Waals surface area contributed by atoms with E-state index < -0.39 is 12.1 Å². The fourth-order valence-electron chi connectivity index (χ4n) is 2.50. The van der Waals surface area contributed by atoms with Crippen LogP contribution in [0.3, 0.4) is 0 Å². The van der Waals surface area contributed by atoms with Crippen molar-refractivity contribution in [3.63, 3.8) is 0 Å². The van der Waals surface area contributed by atoms with Crippen molar-refractivity contribution >= 4 is 17.6 Å². The molecule has 0 radical (unpaired) electrons. The number of carboxylic acid groups (broad SMARTS) is 1. The van der Waals surface area contributed by atoms with E-state index in [0.717, 1.165) is 11.3 Å². The lowest BCUT2D eigenvalue weighted by Gasteiger charge is -2.37. The van der Waals surface area contributed by atoms with Crippen molar-refractivity contribution in [2.45, 2.75) is 6.17 Å². The quantitative estimate of drug-likeness (QED) is 0.906. The third-order valence-corrected chi connectivity index (χ3v) is 3.44. The zero-order chi connectivity index (χ0) is 14.8. The molecule has 1 aliphatic rings. The number of fused-ring (bicyclic) bond motifs is 1. The number of benzene rings is 2. The summed E-state index contributed by atoms with van der Waals surface area (Å²) in [6.07, 6.45) is -0.482. The molecule has 1 aliphatic heterocycles. The Labute approximate surface area is 121 Å². The van der Waals surface area contributed by atoms with Gasteiger partial charge in [0, 0.05) is 5.69 Å². The first kappa shape index (κ1) is 13.2. The summed E-state index contributed by atoms with van der Waals surface area (Å²) in [6.45, 7) is -0.347. The Balaban J connectivity index is 2.05. The summed E-state index contributed by atoms with van der Waals surface area (Å²) < 4.78 is 0. The summed E-state index contributed by atoms with van der Waals surface area (Å²) in [5.74, 6) is -1.31. The fraction of sp³-hybridized carbons (Fsp3) is 0.125. The number of amides is 1. The molecule has 0 saturated carbocycles. The van der Waals surface area contributed by atoms with Gasteiger partial charge in [0.2, 0.25) is 0 Å². The van der Waals surface area contributed by atoms with E-state index in [1.807, 2.05) is 42.5 Å². The van der Waals surface area contributed by atoms with Crippen LogP contribution in [0.15, 0.2) is 54.6 Å². The number of hydrogen-bond acceptors (Lipinski definition) is 3. The summed E-state index contributed by atoms with van der Waals surface area (Å²) in [5, 5.41) is 12.3. The minimum Gasteiger partial charge on any atom is -0.480 e. The minimum atomic E-state index is -1.04. The highest BCUT2D eigenvalue weighted by Crippen LogP contribution is 2.32. The molecule has 1 amide bonds. The SMILES string of the molecule is O=C(O)CN1C(=O)c2ccccc2NC1c1ccccc1. The van der Waals surface area contributed by atoms with Gasteiger partial charge >= 0.3 is 5.97 Å². The smallest absolute Gasteiger partial charge is 0.323 e. The van der Waals surface area contributed by atoms with E-state index >= 15 is 0 Å². The fourth-order valence-corrected chi connectivity index (χ4v) is 2.50. The van der Waals surface area contributed by atoms with Crippen LogP contribution in [0.5, 0.6) is 0 Å². The molecule has 5 nitrogen and oxygen atoms in total. The summed E-state index contributed by atoms with van der Waals surface area (Å²) in [6, 6.07) is 16.5. The number of para-hydroxylation sites is 1. The lowest BCUT2D eigenvalue weighted by atomic mass is 10.0. The van der Waals surface area contributed by atoms with Crippen molar-refractivity contribution in [3.05, 3.63) is 65.7 Å². The molecule has 2 N–H and O–H groups in total. The van der Waals surface area contributed by atoms with E-state index in [1.54, 1.807) is 12.1 Å². The van der Waals surface area contributed by atoms with Crippen LogP contribution in [-0.4, -0.2) is 28.4 Å². The maximum absolute atomic E-state index is 12.6. The van der Waals surface area contributed by atoms with Crippen molar-refractivity contribution < 1.29 is 14.7 Å². The number of carboxylic acids is 1. The van der Waals surface area contributed by atoms with Crippen molar-refractivity contribution in [1.82, 2.24) is 4.90 Å². The van der Waals surface area contributed by atoms with Gasteiger partial charge in [-0.25, -0.2) is 0 Å². The van der Waals surface area contributed by atoms with Crippen LogP contribution in [0.25, 0.3) is 0 Å². The molecule has 2 aromatic carbocycles. The van der Waals surface area contributed by atoms with Gasteiger partial charge in [-0.3, -0.25) is 9.59 Å². The molecule has 1 unspecified atom stereocenters. The standard InChI is InChI=1S/C16H14N2O3/c19-14(20)10-18-15(11-6-2-1-3-7-11)17-13-9-5-4-8-12(13)16(18)21/h1-9,15,17H,10H2,(H,19,20). The summed E-state index contributed by atoms with van der Waals surface area (Å²) >= 11 is 0. The number of nitrogens with zero attached hydrogens (tertiary/aromatic N) is 1. The third kappa shape index (κ3) is 2.45. The Hall–Kier alpha value is -2.82. The second-order valence-corrected chi connectivity index (χ2v) is 4.83. The highest BCUT2D eigenvalue weighted by molar-refractivity contribution is 6.02. The Kier molecular flexibility index (Phi) is 3.31. The molecule has 21 heavy (non-hydrogen) atoms. The van der Waals surface area contributed by atoms with Crippen LogP contribution in [0.4, 0.5) is 5.69 Å². The maximum atomic E-state index is 12.6. The Bertz CT molecular complexity index is 685. The lowest BCUT2D eigenvalue weighted by molar-refractivity contribution is -0.138. The zero-order valence-electron chi connectivity index (χ0n) is 11.2. The lowest BCUT2D eigenvalue weighted by Crippen LogP contribution is -2.45.